The van der Waals surface area contributed by atoms with Crippen LogP contribution in [0.5, 0.6) is 5.75 Å². The van der Waals surface area contributed by atoms with Gasteiger partial charge in [-0.15, -0.1) is 0 Å². The molecule has 4 rings (SSSR count). The van der Waals surface area contributed by atoms with Crippen LogP contribution in [0.2, 0.25) is 5.02 Å². The van der Waals surface area contributed by atoms with Gasteiger partial charge in [0.1, 0.15) is 5.75 Å². The highest BCUT2D eigenvalue weighted by Gasteiger charge is 2.44. The molecule has 36 heavy (non-hydrogen) atoms. The molecule has 0 bridgehead atoms. The van der Waals surface area contributed by atoms with Crippen LogP contribution < -0.4 is 4.74 Å². The lowest BCUT2D eigenvalue weighted by molar-refractivity contribution is -0.139. The first kappa shape index (κ1) is 26.8. The van der Waals surface area contributed by atoms with E-state index in [1.54, 1.807) is 0 Å². The van der Waals surface area contributed by atoms with Crippen molar-refractivity contribution in [2.24, 2.45) is 11.8 Å². The fourth-order valence-corrected chi connectivity index (χ4v) is 6.26. The highest BCUT2D eigenvalue weighted by molar-refractivity contribution is 6.30. The molecule has 0 spiro atoms. The molecule has 2 aromatic carbocycles. The second-order valence-corrected chi connectivity index (χ2v) is 11.4. The van der Waals surface area contributed by atoms with Crippen LogP contribution in [-0.2, 0) is 9.53 Å². The van der Waals surface area contributed by atoms with Crippen LogP contribution in [0.15, 0.2) is 48.6 Å². The van der Waals surface area contributed by atoms with Crippen LogP contribution in [0, 0.1) is 18.8 Å². The van der Waals surface area contributed by atoms with Crippen LogP contribution in [0.25, 0.3) is 0 Å². The maximum atomic E-state index is 11.4. The third-order valence-electron chi connectivity index (χ3n) is 8.04. The van der Waals surface area contributed by atoms with Gasteiger partial charge in [-0.25, -0.2) is 4.79 Å². The van der Waals surface area contributed by atoms with Crippen molar-refractivity contribution in [3.05, 3.63) is 75.8 Å². The second kappa shape index (κ2) is 11.4. The SMILES string of the molecule is C=C(C)[C@@H]1C[C@@H](c2ccc(Cl)cc2)[C@@H](C2CCCC2)O[C@H]1c1c(C)cc(C(C)C)cc1OCC(=O)O. The molecule has 2 aromatic rings. The molecule has 0 radical (unpaired) electrons. The summed E-state index contributed by atoms with van der Waals surface area (Å²) in [6, 6.07) is 12.4. The summed E-state index contributed by atoms with van der Waals surface area (Å²) in [5.74, 6) is 0.766. The smallest absolute Gasteiger partial charge is 0.341 e. The maximum Gasteiger partial charge on any atom is 0.341 e. The molecule has 1 heterocycles. The molecule has 1 saturated heterocycles. The minimum atomic E-state index is -0.985. The monoisotopic (exact) mass is 510 g/mol. The van der Waals surface area contributed by atoms with E-state index in [0.29, 0.717) is 17.6 Å². The third-order valence-corrected chi connectivity index (χ3v) is 8.29. The van der Waals surface area contributed by atoms with Gasteiger partial charge in [-0.05, 0) is 79.8 Å². The van der Waals surface area contributed by atoms with Gasteiger partial charge in [0.15, 0.2) is 6.61 Å². The molecule has 4 nitrogen and oxygen atoms in total. The van der Waals surface area contributed by atoms with Crippen molar-refractivity contribution in [3.8, 4) is 5.75 Å². The summed E-state index contributed by atoms with van der Waals surface area (Å²) in [4.78, 5) is 11.4. The van der Waals surface area contributed by atoms with E-state index in [1.165, 1.54) is 31.2 Å². The Balaban J connectivity index is 1.79. The Morgan fingerprint density at radius 1 is 1.19 bits per heavy atom. The molecular formula is C31H39ClO4. The Labute approximate surface area is 220 Å². The zero-order chi connectivity index (χ0) is 26.0. The van der Waals surface area contributed by atoms with Crippen molar-refractivity contribution in [1.82, 2.24) is 0 Å². The number of benzene rings is 2. The summed E-state index contributed by atoms with van der Waals surface area (Å²) in [7, 11) is 0. The summed E-state index contributed by atoms with van der Waals surface area (Å²) >= 11 is 6.22. The fourth-order valence-electron chi connectivity index (χ4n) is 6.13. The first-order valence-electron chi connectivity index (χ1n) is 13.2. The van der Waals surface area contributed by atoms with Gasteiger partial charge in [0.2, 0.25) is 0 Å². The zero-order valence-electron chi connectivity index (χ0n) is 21.9. The van der Waals surface area contributed by atoms with E-state index in [-0.39, 0.29) is 30.7 Å². The first-order chi connectivity index (χ1) is 17.2. The van der Waals surface area contributed by atoms with Crippen molar-refractivity contribution >= 4 is 17.6 Å². The molecule has 194 valence electrons. The van der Waals surface area contributed by atoms with E-state index in [0.717, 1.165) is 33.7 Å². The Bertz CT molecular complexity index is 1080. The van der Waals surface area contributed by atoms with Crippen molar-refractivity contribution in [1.29, 1.82) is 0 Å². The van der Waals surface area contributed by atoms with Crippen LogP contribution in [0.3, 0.4) is 0 Å². The Kier molecular flexibility index (Phi) is 8.47. The zero-order valence-corrected chi connectivity index (χ0v) is 22.7. The minimum Gasteiger partial charge on any atom is -0.482 e. The standard InChI is InChI=1S/C31H39ClO4/c1-18(2)23-14-20(5)29(27(15-23)35-17-28(33)34)31-25(19(3)4)16-26(21-10-12-24(32)13-11-21)30(36-31)22-8-6-7-9-22/h10-15,18,22,25-26,30-31H,3,6-9,16-17H2,1-2,4-5H3,(H,33,34)/t25-,26-,30+,31+/m0/s1. The van der Waals surface area contributed by atoms with Crippen molar-refractivity contribution in [3.63, 3.8) is 0 Å². The normalized spacial score (nSPS) is 24.7. The minimum absolute atomic E-state index is 0.0748. The van der Waals surface area contributed by atoms with Gasteiger partial charge in [0, 0.05) is 22.4 Å². The fraction of sp³-hybridized carbons (Fsp3) is 0.516. The van der Waals surface area contributed by atoms with Gasteiger partial charge in [-0.2, -0.15) is 0 Å². The largest absolute Gasteiger partial charge is 0.482 e. The first-order valence-corrected chi connectivity index (χ1v) is 13.6. The number of aliphatic carboxylic acids is 1. The predicted molar refractivity (Wildman–Crippen MR) is 145 cm³/mol. The average molecular weight is 511 g/mol. The molecule has 0 unspecified atom stereocenters. The molecule has 1 saturated carbocycles. The number of halogens is 1. The number of carboxylic acids is 1. The lowest BCUT2D eigenvalue weighted by atomic mass is 9.72. The molecule has 1 N–H and O–H groups in total. The number of aryl methyl sites for hydroxylation is 1. The number of carbonyl (C=O) groups is 1. The van der Waals surface area contributed by atoms with Gasteiger partial charge in [0.05, 0.1) is 12.2 Å². The van der Waals surface area contributed by atoms with Crippen molar-refractivity contribution < 1.29 is 19.4 Å². The number of rotatable bonds is 8. The predicted octanol–water partition coefficient (Wildman–Crippen LogP) is 8.23. The second-order valence-electron chi connectivity index (χ2n) is 11.0. The van der Waals surface area contributed by atoms with Crippen molar-refractivity contribution in [2.75, 3.05) is 6.61 Å². The van der Waals surface area contributed by atoms with Gasteiger partial charge < -0.3 is 14.6 Å². The van der Waals surface area contributed by atoms with Gasteiger partial charge in [0.25, 0.3) is 0 Å². The van der Waals surface area contributed by atoms with E-state index < -0.39 is 5.97 Å². The molecule has 0 aromatic heterocycles. The highest BCUT2D eigenvalue weighted by Crippen LogP contribution is 2.52. The Morgan fingerprint density at radius 3 is 2.44 bits per heavy atom. The van der Waals surface area contributed by atoms with Crippen LogP contribution in [0.4, 0.5) is 0 Å². The van der Waals surface area contributed by atoms with Crippen LogP contribution in [-0.4, -0.2) is 23.8 Å². The van der Waals surface area contributed by atoms with E-state index in [9.17, 15) is 9.90 Å². The number of hydrogen-bond acceptors (Lipinski definition) is 3. The number of hydrogen-bond donors (Lipinski definition) is 1. The van der Waals surface area contributed by atoms with Gasteiger partial charge in [-0.1, -0.05) is 68.6 Å². The molecule has 0 amide bonds. The topological polar surface area (TPSA) is 55.8 Å². The van der Waals surface area contributed by atoms with Crippen LogP contribution >= 0.6 is 11.6 Å². The lowest BCUT2D eigenvalue weighted by Crippen LogP contribution is -2.40. The third kappa shape index (κ3) is 5.81. The number of carboxylic acid groups (broad SMARTS) is 1. The highest BCUT2D eigenvalue weighted by atomic mass is 35.5. The Hall–Kier alpha value is -2.30. The summed E-state index contributed by atoms with van der Waals surface area (Å²) in [6.07, 6.45) is 5.59. The summed E-state index contributed by atoms with van der Waals surface area (Å²) in [5, 5.41) is 10.1. The average Bonchev–Trinajstić information content (AvgIpc) is 3.37. The van der Waals surface area contributed by atoms with E-state index in [1.807, 2.05) is 18.2 Å². The van der Waals surface area contributed by atoms with Gasteiger partial charge in [-0.3, -0.25) is 0 Å². The Morgan fingerprint density at radius 2 is 1.86 bits per heavy atom. The summed E-state index contributed by atoms with van der Waals surface area (Å²) in [5.41, 5.74) is 5.50. The van der Waals surface area contributed by atoms with E-state index >= 15 is 0 Å². The van der Waals surface area contributed by atoms with Crippen molar-refractivity contribution in [2.45, 2.75) is 83.8 Å². The van der Waals surface area contributed by atoms with E-state index in [4.69, 9.17) is 21.1 Å². The summed E-state index contributed by atoms with van der Waals surface area (Å²) < 4.78 is 13.0. The molecule has 1 aliphatic carbocycles. The molecular weight excluding hydrogens is 472 g/mol. The molecule has 5 heteroatoms. The maximum absolute atomic E-state index is 11.4. The van der Waals surface area contributed by atoms with E-state index in [2.05, 4.69) is 52.5 Å². The van der Waals surface area contributed by atoms with Crippen LogP contribution in [0.1, 0.15) is 93.1 Å². The lowest BCUT2D eigenvalue weighted by Gasteiger charge is -2.45. The quantitative estimate of drug-likeness (QED) is 0.363. The molecule has 4 atom stereocenters. The number of ether oxygens (including phenoxy) is 2. The molecule has 1 aliphatic heterocycles. The molecule has 2 fully saturated rings. The molecule has 2 aliphatic rings. The van der Waals surface area contributed by atoms with Gasteiger partial charge >= 0.3 is 5.97 Å². The summed E-state index contributed by atoms with van der Waals surface area (Å²) in [6.45, 7) is 12.4.